The highest BCUT2D eigenvalue weighted by molar-refractivity contribution is 5.69. The maximum absolute atomic E-state index is 10.7. The van der Waals surface area contributed by atoms with Gasteiger partial charge in [-0.15, -0.1) is 0 Å². The number of carbonyl (C=O) groups is 1. The third-order valence-corrected chi connectivity index (χ3v) is 1.90. The summed E-state index contributed by atoms with van der Waals surface area (Å²) < 4.78 is 0. The van der Waals surface area contributed by atoms with Crippen molar-refractivity contribution < 1.29 is 9.90 Å². The van der Waals surface area contributed by atoms with Crippen LogP contribution in [0.25, 0.3) is 0 Å². The molecule has 0 bridgehead atoms. The second kappa shape index (κ2) is 6.89. The van der Waals surface area contributed by atoms with E-state index in [1.165, 1.54) is 0 Å². The van der Waals surface area contributed by atoms with Crippen molar-refractivity contribution in [2.45, 2.75) is 39.5 Å². The summed E-state index contributed by atoms with van der Waals surface area (Å²) in [5.74, 6) is -0.799. The summed E-state index contributed by atoms with van der Waals surface area (Å²) in [5, 5.41) is 8.78. The highest BCUT2D eigenvalue weighted by atomic mass is 16.4. The smallest absolute Gasteiger partial charge is 0.306 e. The van der Waals surface area contributed by atoms with E-state index in [4.69, 9.17) is 5.11 Å². The van der Waals surface area contributed by atoms with Crippen molar-refractivity contribution in [2.75, 3.05) is 0 Å². The minimum Gasteiger partial charge on any atom is -0.481 e. The van der Waals surface area contributed by atoms with Crippen molar-refractivity contribution >= 4 is 5.97 Å². The van der Waals surface area contributed by atoms with Gasteiger partial charge in [-0.1, -0.05) is 25.5 Å². The van der Waals surface area contributed by atoms with E-state index < -0.39 is 5.97 Å². The molecule has 0 radical (unpaired) electrons. The number of hydrogen-bond donors (Lipinski definition) is 1. The molecule has 0 saturated heterocycles. The molecule has 1 unspecified atom stereocenters. The SMILES string of the molecule is C/C=C\CCC(CCC)C(=O)O. The molecule has 1 atom stereocenters. The Morgan fingerprint density at radius 1 is 1.50 bits per heavy atom. The molecule has 0 aromatic carbocycles. The molecule has 70 valence electrons. The molecule has 0 rings (SSSR count). The van der Waals surface area contributed by atoms with Crippen LogP contribution in [0.5, 0.6) is 0 Å². The van der Waals surface area contributed by atoms with Crippen LogP contribution in [0.15, 0.2) is 12.2 Å². The fourth-order valence-electron chi connectivity index (χ4n) is 1.20. The van der Waals surface area contributed by atoms with Crippen LogP contribution in [-0.4, -0.2) is 11.1 Å². The van der Waals surface area contributed by atoms with Gasteiger partial charge in [-0.2, -0.15) is 0 Å². The van der Waals surface area contributed by atoms with Gasteiger partial charge in [-0.25, -0.2) is 0 Å². The Labute approximate surface area is 74.3 Å². The normalized spacial score (nSPS) is 13.5. The van der Waals surface area contributed by atoms with Gasteiger partial charge in [0.1, 0.15) is 0 Å². The molecular weight excluding hydrogens is 152 g/mol. The molecule has 0 aliphatic heterocycles. The predicted octanol–water partition coefficient (Wildman–Crippen LogP) is 2.84. The molecule has 0 saturated carbocycles. The summed E-state index contributed by atoms with van der Waals surface area (Å²) in [6, 6.07) is 0. The predicted molar refractivity (Wildman–Crippen MR) is 50.1 cm³/mol. The molecule has 0 aliphatic rings. The van der Waals surface area contributed by atoms with Crippen molar-refractivity contribution in [1.82, 2.24) is 0 Å². The van der Waals surface area contributed by atoms with Crippen molar-refractivity contribution in [3.8, 4) is 0 Å². The Bertz CT molecular complexity index is 150. The van der Waals surface area contributed by atoms with Crippen molar-refractivity contribution in [3.05, 3.63) is 12.2 Å². The number of carboxylic acids is 1. The Kier molecular flexibility index (Phi) is 6.44. The molecule has 12 heavy (non-hydrogen) atoms. The van der Waals surface area contributed by atoms with Crippen LogP contribution >= 0.6 is 0 Å². The van der Waals surface area contributed by atoms with E-state index in [0.29, 0.717) is 0 Å². The van der Waals surface area contributed by atoms with Gasteiger partial charge in [0.2, 0.25) is 0 Å². The van der Waals surface area contributed by atoms with Gasteiger partial charge < -0.3 is 5.11 Å². The van der Waals surface area contributed by atoms with Gasteiger partial charge in [0.25, 0.3) is 0 Å². The average molecular weight is 170 g/mol. The quantitative estimate of drug-likeness (QED) is 0.622. The van der Waals surface area contributed by atoms with Gasteiger partial charge >= 0.3 is 5.97 Å². The van der Waals surface area contributed by atoms with Gasteiger partial charge in [-0.05, 0) is 26.2 Å². The number of aliphatic carboxylic acids is 1. The van der Waals surface area contributed by atoms with E-state index in [-0.39, 0.29) is 5.92 Å². The molecule has 0 aromatic heterocycles. The standard InChI is InChI=1S/C10H18O2/c1-3-5-6-8-9(7-4-2)10(11)12/h3,5,9H,4,6-8H2,1-2H3,(H,11,12)/b5-3-. The van der Waals surface area contributed by atoms with Gasteiger partial charge in [0.05, 0.1) is 5.92 Å². The minimum atomic E-state index is -0.652. The third kappa shape index (κ3) is 4.94. The first kappa shape index (κ1) is 11.2. The maximum atomic E-state index is 10.7. The number of carboxylic acid groups (broad SMARTS) is 1. The molecule has 0 aliphatic carbocycles. The Hall–Kier alpha value is -0.790. The van der Waals surface area contributed by atoms with E-state index in [1.807, 2.05) is 26.0 Å². The van der Waals surface area contributed by atoms with Crippen LogP contribution in [0.2, 0.25) is 0 Å². The average Bonchev–Trinajstić information content (AvgIpc) is 2.03. The minimum absolute atomic E-state index is 0.147. The second-order valence-corrected chi connectivity index (χ2v) is 2.97. The fraction of sp³-hybridized carbons (Fsp3) is 0.700. The molecular formula is C10H18O2. The van der Waals surface area contributed by atoms with Crippen LogP contribution in [0.3, 0.4) is 0 Å². The first-order valence-corrected chi connectivity index (χ1v) is 4.56. The second-order valence-electron chi connectivity index (χ2n) is 2.97. The van der Waals surface area contributed by atoms with E-state index in [2.05, 4.69) is 0 Å². The maximum Gasteiger partial charge on any atom is 0.306 e. The lowest BCUT2D eigenvalue weighted by molar-refractivity contribution is -0.142. The fourth-order valence-corrected chi connectivity index (χ4v) is 1.20. The van der Waals surface area contributed by atoms with E-state index in [0.717, 1.165) is 25.7 Å². The lowest BCUT2D eigenvalue weighted by atomic mass is 9.98. The van der Waals surface area contributed by atoms with Gasteiger partial charge in [-0.3, -0.25) is 4.79 Å². The third-order valence-electron chi connectivity index (χ3n) is 1.90. The Balaban J connectivity index is 3.71. The van der Waals surface area contributed by atoms with E-state index in [9.17, 15) is 4.79 Å². The van der Waals surface area contributed by atoms with Crippen LogP contribution in [0.1, 0.15) is 39.5 Å². The molecule has 2 nitrogen and oxygen atoms in total. The van der Waals surface area contributed by atoms with Crippen molar-refractivity contribution in [2.24, 2.45) is 5.92 Å². The largest absolute Gasteiger partial charge is 0.481 e. The zero-order valence-electron chi connectivity index (χ0n) is 7.92. The lowest BCUT2D eigenvalue weighted by Crippen LogP contribution is -2.12. The monoisotopic (exact) mass is 170 g/mol. The summed E-state index contributed by atoms with van der Waals surface area (Å²) in [5.41, 5.74) is 0. The Morgan fingerprint density at radius 3 is 2.58 bits per heavy atom. The van der Waals surface area contributed by atoms with Gasteiger partial charge in [0, 0.05) is 0 Å². The summed E-state index contributed by atoms with van der Waals surface area (Å²) in [6.45, 7) is 3.97. The van der Waals surface area contributed by atoms with Crippen LogP contribution in [0, 0.1) is 5.92 Å². The number of rotatable bonds is 6. The van der Waals surface area contributed by atoms with Crippen molar-refractivity contribution in [1.29, 1.82) is 0 Å². The van der Waals surface area contributed by atoms with E-state index in [1.54, 1.807) is 0 Å². The molecule has 0 fully saturated rings. The first-order chi connectivity index (χ1) is 5.72. The lowest BCUT2D eigenvalue weighted by Gasteiger charge is -2.08. The highest BCUT2D eigenvalue weighted by Gasteiger charge is 2.14. The summed E-state index contributed by atoms with van der Waals surface area (Å²) in [6.07, 6.45) is 7.39. The first-order valence-electron chi connectivity index (χ1n) is 4.56. The number of allylic oxidation sites excluding steroid dienone is 2. The summed E-state index contributed by atoms with van der Waals surface area (Å²) in [7, 11) is 0. The Morgan fingerprint density at radius 2 is 2.17 bits per heavy atom. The van der Waals surface area contributed by atoms with Crippen molar-refractivity contribution in [3.63, 3.8) is 0 Å². The van der Waals surface area contributed by atoms with Crippen LogP contribution < -0.4 is 0 Å². The molecule has 0 amide bonds. The van der Waals surface area contributed by atoms with Gasteiger partial charge in [0.15, 0.2) is 0 Å². The van der Waals surface area contributed by atoms with Crippen LogP contribution in [-0.2, 0) is 4.79 Å². The molecule has 0 heterocycles. The topological polar surface area (TPSA) is 37.3 Å². The molecule has 2 heteroatoms. The zero-order chi connectivity index (χ0) is 9.40. The zero-order valence-corrected chi connectivity index (χ0v) is 7.92. The molecule has 0 spiro atoms. The number of hydrogen-bond acceptors (Lipinski definition) is 1. The summed E-state index contributed by atoms with van der Waals surface area (Å²) in [4.78, 5) is 10.7. The molecule has 1 N–H and O–H groups in total. The van der Waals surface area contributed by atoms with E-state index >= 15 is 0 Å². The highest BCUT2D eigenvalue weighted by Crippen LogP contribution is 2.13. The molecule has 0 aromatic rings. The van der Waals surface area contributed by atoms with Crippen LogP contribution in [0.4, 0.5) is 0 Å². The summed E-state index contributed by atoms with van der Waals surface area (Å²) >= 11 is 0.